The molecule has 0 radical (unpaired) electrons. The van der Waals surface area contributed by atoms with E-state index in [-0.39, 0.29) is 11.9 Å². The molecular formula is C11H14O5. The van der Waals surface area contributed by atoms with E-state index in [0.717, 1.165) is 0 Å². The minimum absolute atomic E-state index is 0.280. The summed E-state index contributed by atoms with van der Waals surface area (Å²) < 4.78 is 15.5. The van der Waals surface area contributed by atoms with Crippen molar-refractivity contribution in [2.24, 2.45) is 0 Å². The van der Waals surface area contributed by atoms with Gasteiger partial charge in [-0.15, -0.1) is 0 Å². The van der Waals surface area contributed by atoms with E-state index in [0.29, 0.717) is 37.2 Å². The molecule has 2 rings (SSSR count). The fourth-order valence-corrected chi connectivity index (χ4v) is 2.00. The van der Waals surface area contributed by atoms with Crippen LogP contribution in [0.3, 0.4) is 0 Å². The average Bonchev–Trinajstić information content (AvgIpc) is 2.72. The fourth-order valence-electron chi connectivity index (χ4n) is 2.00. The van der Waals surface area contributed by atoms with Gasteiger partial charge in [-0.1, -0.05) is 0 Å². The van der Waals surface area contributed by atoms with Crippen molar-refractivity contribution >= 4 is 11.9 Å². The standard InChI is InChI=1S/C11H14O5/c1-3-14-10(13)8-6-11(15-7(8)2)5-4-9(12)16-11/h3-6H2,1-2H3. The second-order valence-corrected chi connectivity index (χ2v) is 3.92. The highest BCUT2D eigenvalue weighted by Gasteiger charge is 2.49. The maximum Gasteiger partial charge on any atom is 0.337 e. The molecular weight excluding hydrogens is 212 g/mol. The van der Waals surface area contributed by atoms with E-state index >= 15 is 0 Å². The molecule has 5 nitrogen and oxygen atoms in total. The molecule has 0 aliphatic carbocycles. The molecule has 2 aliphatic rings. The zero-order valence-electron chi connectivity index (χ0n) is 9.37. The number of allylic oxidation sites excluding steroid dienone is 1. The molecule has 1 atom stereocenters. The average molecular weight is 226 g/mol. The van der Waals surface area contributed by atoms with Gasteiger partial charge in [0.2, 0.25) is 0 Å². The van der Waals surface area contributed by atoms with Gasteiger partial charge in [-0.3, -0.25) is 4.79 Å². The summed E-state index contributed by atoms with van der Waals surface area (Å²) in [6.45, 7) is 3.75. The lowest BCUT2D eigenvalue weighted by Crippen LogP contribution is -2.28. The molecule has 16 heavy (non-hydrogen) atoms. The van der Waals surface area contributed by atoms with Crippen molar-refractivity contribution in [3.8, 4) is 0 Å². The van der Waals surface area contributed by atoms with Gasteiger partial charge in [-0.25, -0.2) is 4.79 Å². The number of ether oxygens (including phenoxy) is 3. The normalized spacial score (nSPS) is 28.2. The smallest absolute Gasteiger partial charge is 0.337 e. The van der Waals surface area contributed by atoms with Crippen molar-refractivity contribution in [2.75, 3.05) is 6.61 Å². The van der Waals surface area contributed by atoms with Gasteiger partial charge in [0.25, 0.3) is 5.79 Å². The molecule has 0 bridgehead atoms. The van der Waals surface area contributed by atoms with Crippen LogP contribution in [0.1, 0.15) is 33.1 Å². The Labute approximate surface area is 93.4 Å². The lowest BCUT2D eigenvalue weighted by atomic mass is 10.1. The monoisotopic (exact) mass is 226 g/mol. The van der Waals surface area contributed by atoms with Crippen molar-refractivity contribution in [3.05, 3.63) is 11.3 Å². The van der Waals surface area contributed by atoms with E-state index in [9.17, 15) is 9.59 Å². The number of hydrogen-bond acceptors (Lipinski definition) is 5. The molecule has 2 heterocycles. The first-order valence-corrected chi connectivity index (χ1v) is 5.34. The lowest BCUT2D eigenvalue weighted by molar-refractivity contribution is -0.187. The minimum atomic E-state index is -0.941. The maximum absolute atomic E-state index is 11.6. The van der Waals surface area contributed by atoms with Crippen molar-refractivity contribution in [3.63, 3.8) is 0 Å². The van der Waals surface area contributed by atoms with Gasteiger partial charge in [-0.05, 0) is 13.8 Å². The van der Waals surface area contributed by atoms with E-state index in [1.165, 1.54) is 0 Å². The Morgan fingerprint density at radius 2 is 2.25 bits per heavy atom. The van der Waals surface area contributed by atoms with Crippen LogP contribution in [0.5, 0.6) is 0 Å². The maximum atomic E-state index is 11.6. The third-order valence-electron chi connectivity index (χ3n) is 2.74. The summed E-state index contributed by atoms with van der Waals surface area (Å²) in [6, 6.07) is 0. The highest BCUT2D eigenvalue weighted by molar-refractivity contribution is 5.90. The molecule has 0 aromatic heterocycles. The van der Waals surface area contributed by atoms with Gasteiger partial charge in [-0.2, -0.15) is 0 Å². The SMILES string of the molecule is CCOC(=O)C1=C(C)OC2(CCC(=O)O2)C1. The van der Waals surface area contributed by atoms with E-state index in [1.54, 1.807) is 13.8 Å². The van der Waals surface area contributed by atoms with Crippen molar-refractivity contribution < 1.29 is 23.8 Å². The van der Waals surface area contributed by atoms with Crippen LogP contribution in [0.15, 0.2) is 11.3 Å². The zero-order valence-corrected chi connectivity index (χ0v) is 9.37. The predicted octanol–water partition coefficient (Wildman–Crippen LogP) is 1.28. The molecule has 1 fully saturated rings. The second kappa shape index (κ2) is 3.81. The lowest BCUT2D eigenvalue weighted by Gasteiger charge is -2.21. The number of carbonyl (C=O) groups excluding carboxylic acids is 2. The Balaban J connectivity index is 2.10. The van der Waals surface area contributed by atoms with Crippen LogP contribution in [-0.2, 0) is 23.8 Å². The summed E-state index contributed by atoms with van der Waals surface area (Å²) in [4.78, 5) is 22.7. The Hall–Kier alpha value is -1.52. The molecule has 1 saturated heterocycles. The molecule has 0 aromatic rings. The molecule has 0 amide bonds. The highest BCUT2D eigenvalue weighted by Crippen LogP contribution is 2.42. The molecule has 0 saturated carbocycles. The van der Waals surface area contributed by atoms with Crippen LogP contribution < -0.4 is 0 Å². The Bertz CT molecular complexity index is 371. The Morgan fingerprint density at radius 3 is 2.81 bits per heavy atom. The zero-order chi connectivity index (χ0) is 11.8. The summed E-state index contributed by atoms with van der Waals surface area (Å²) in [6.07, 6.45) is 1.12. The summed E-state index contributed by atoms with van der Waals surface area (Å²) >= 11 is 0. The number of rotatable bonds is 2. The molecule has 2 aliphatic heterocycles. The first-order valence-electron chi connectivity index (χ1n) is 5.34. The first kappa shape index (κ1) is 11.0. The van der Waals surface area contributed by atoms with Gasteiger partial charge in [0.1, 0.15) is 5.76 Å². The van der Waals surface area contributed by atoms with Crippen LogP contribution in [0.2, 0.25) is 0 Å². The highest BCUT2D eigenvalue weighted by atomic mass is 16.7. The Morgan fingerprint density at radius 1 is 1.50 bits per heavy atom. The molecule has 1 spiro atoms. The van der Waals surface area contributed by atoms with Gasteiger partial charge in [0.05, 0.1) is 25.0 Å². The molecule has 0 N–H and O–H groups in total. The summed E-state index contributed by atoms with van der Waals surface area (Å²) in [7, 11) is 0. The van der Waals surface area contributed by atoms with Crippen molar-refractivity contribution in [1.29, 1.82) is 0 Å². The third kappa shape index (κ3) is 1.77. The van der Waals surface area contributed by atoms with Crippen LogP contribution in [0.4, 0.5) is 0 Å². The largest absolute Gasteiger partial charge is 0.463 e. The van der Waals surface area contributed by atoms with E-state index < -0.39 is 5.79 Å². The van der Waals surface area contributed by atoms with E-state index in [4.69, 9.17) is 14.2 Å². The van der Waals surface area contributed by atoms with E-state index in [2.05, 4.69) is 0 Å². The van der Waals surface area contributed by atoms with Crippen molar-refractivity contribution in [2.45, 2.75) is 38.9 Å². The first-order chi connectivity index (χ1) is 7.56. The summed E-state index contributed by atoms with van der Waals surface area (Å²) in [5, 5.41) is 0. The number of carbonyl (C=O) groups is 2. The minimum Gasteiger partial charge on any atom is -0.463 e. The number of hydrogen-bond donors (Lipinski definition) is 0. The molecule has 0 aromatic carbocycles. The van der Waals surface area contributed by atoms with Crippen molar-refractivity contribution in [1.82, 2.24) is 0 Å². The summed E-state index contributed by atoms with van der Waals surface area (Å²) in [5.41, 5.74) is 0.469. The van der Waals surface area contributed by atoms with Crippen LogP contribution in [-0.4, -0.2) is 24.3 Å². The topological polar surface area (TPSA) is 61.8 Å². The fraction of sp³-hybridized carbons (Fsp3) is 0.636. The van der Waals surface area contributed by atoms with Crippen LogP contribution in [0, 0.1) is 0 Å². The van der Waals surface area contributed by atoms with Crippen LogP contribution >= 0.6 is 0 Å². The third-order valence-corrected chi connectivity index (χ3v) is 2.74. The van der Waals surface area contributed by atoms with Gasteiger partial charge in [0, 0.05) is 6.42 Å². The van der Waals surface area contributed by atoms with Crippen LogP contribution in [0.25, 0.3) is 0 Å². The molecule has 5 heteroatoms. The predicted molar refractivity (Wildman–Crippen MR) is 53.1 cm³/mol. The molecule has 1 unspecified atom stereocenters. The number of esters is 2. The second-order valence-electron chi connectivity index (χ2n) is 3.92. The van der Waals surface area contributed by atoms with Gasteiger partial charge < -0.3 is 14.2 Å². The quantitative estimate of drug-likeness (QED) is 0.664. The van der Waals surface area contributed by atoms with Gasteiger partial charge >= 0.3 is 11.9 Å². The van der Waals surface area contributed by atoms with E-state index in [1.807, 2.05) is 0 Å². The van der Waals surface area contributed by atoms with Gasteiger partial charge in [0.15, 0.2) is 0 Å². The summed E-state index contributed by atoms with van der Waals surface area (Å²) in [5.74, 6) is -1.12. The molecule has 88 valence electrons. The Kier molecular flexibility index (Phi) is 2.61.